The molecule has 3 aromatic rings. The van der Waals surface area contributed by atoms with Gasteiger partial charge in [-0.05, 0) is 19.4 Å². The molecule has 1 saturated heterocycles. The van der Waals surface area contributed by atoms with Gasteiger partial charge in [-0.2, -0.15) is 14.4 Å². The van der Waals surface area contributed by atoms with Crippen molar-refractivity contribution in [2.24, 2.45) is 5.41 Å². The largest absolute Gasteiger partial charge is 0.406 e. The number of carbonyl (C=O) groups excluding carboxylic acids is 1. The molecule has 2 unspecified atom stereocenters. The number of nitrogen functional groups attached to an aromatic ring is 1. The summed E-state index contributed by atoms with van der Waals surface area (Å²) in [4.78, 5) is 23.4. The normalized spacial score (nSPS) is 27.1. The lowest BCUT2D eigenvalue weighted by atomic mass is 9.97. The summed E-state index contributed by atoms with van der Waals surface area (Å²) < 4.78 is 45.9. The molecule has 2 aliphatic rings. The molecule has 1 aromatic carbocycles. The van der Waals surface area contributed by atoms with Gasteiger partial charge in [-0.1, -0.05) is 42.1 Å². The van der Waals surface area contributed by atoms with Gasteiger partial charge in [-0.25, -0.2) is 14.6 Å². The van der Waals surface area contributed by atoms with Gasteiger partial charge < -0.3 is 25.8 Å². The summed E-state index contributed by atoms with van der Waals surface area (Å²) in [6.45, 7) is 2.82. The van der Waals surface area contributed by atoms with Crippen LogP contribution in [0.2, 0.25) is 0 Å². The summed E-state index contributed by atoms with van der Waals surface area (Å²) in [5.74, 6) is -0.0801. The lowest BCUT2D eigenvalue weighted by Gasteiger charge is -2.26. The van der Waals surface area contributed by atoms with Crippen molar-refractivity contribution in [1.29, 1.82) is 0 Å². The molecule has 0 amide bonds. The molecule has 5 rings (SSSR count). The van der Waals surface area contributed by atoms with Gasteiger partial charge in [0.05, 0.1) is 25.0 Å². The van der Waals surface area contributed by atoms with Crippen LogP contribution in [0.25, 0.3) is 11.2 Å². The van der Waals surface area contributed by atoms with E-state index in [1.54, 1.807) is 38.1 Å². The van der Waals surface area contributed by atoms with E-state index < -0.39 is 49.4 Å². The fourth-order valence-corrected chi connectivity index (χ4v) is 6.80. The minimum absolute atomic E-state index is 0.0450. The van der Waals surface area contributed by atoms with Crippen molar-refractivity contribution in [2.75, 3.05) is 24.7 Å². The number of aliphatic hydroxyl groups excluding tert-OH is 2. The molecule has 6 N–H and O–H groups in total. The van der Waals surface area contributed by atoms with Crippen molar-refractivity contribution < 1.29 is 42.9 Å². The molecule has 1 saturated carbocycles. The summed E-state index contributed by atoms with van der Waals surface area (Å²) in [5.41, 5.74) is 3.60. The average molecular weight is 613 g/mol. The van der Waals surface area contributed by atoms with Crippen LogP contribution in [0.5, 0.6) is 0 Å². The first-order valence-electron chi connectivity index (χ1n) is 12.6. The van der Waals surface area contributed by atoms with Crippen LogP contribution in [-0.4, -0.2) is 82.8 Å². The summed E-state index contributed by atoms with van der Waals surface area (Å²) in [6, 6.07) is 9.03. The van der Waals surface area contributed by atoms with Gasteiger partial charge >= 0.3 is 13.8 Å². The molecule has 6 atom stereocenters. The number of fused-ring (bicyclic) bond motifs is 2. The smallest absolute Gasteiger partial charge is 0.395 e. The van der Waals surface area contributed by atoms with Crippen molar-refractivity contribution in [2.45, 2.75) is 50.5 Å². The Labute approximate surface area is 238 Å². The second kappa shape index (κ2) is 11.3. The van der Waals surface area contributed by atoms with Gasteiger partial charge in [0.1, 0.15) is 18.3 Å². The zero-order chi connectivity index (χ0) is 29.6. The summed E-state index contributed by atoms with van der Waals surface area (Å²) >= 11 is 0.919. The maximum atomic E-state index is 13.8. The van der Waals surface area contributed by atoms with E-state index in [0.717, 1.165) is 17.3 Å². The maximum absolute atomic E-state index is 13.8. The van der Waals surface area contributed by atoms with Crippen LogP contribution in [0.1, 0.15) is 25.6 Å². The predicted molar refractivity (Wildman–Crippen MR) is 145 cm³/mol. The van der Waals surface area contributed by atoms with Crippen LogP contribution < -0.4 is 10.8 Å². The number of nitrogens with two attached hydrogens (primary N) is 1. The Kier molecular flexibility index (Phi) is 8.24. The topological polar surface area (TPSA) is 204 Å². The second-order valence-corrected chi connectivity index (χ2v) is 13.2. The van der Waals surface area contributed by atoms with Crippen LogP contribution in [0.3, 0.4) is 0 Å². The predicted octanol–water partition coefficient (Wildman–Crippen LogP) is 1.13. The van der Waals surface area contributed by atoms with Crippen molar-refractivity contribution in [1.82, 2.24) is 24.6 Å². The number of hydrogen-bond donors (Lipinski definition) is 5. The Morgan fingerprint density at radius 2 is 2.07 bits per heavy atom. The number of benzene rings is 1. The number of nitrogens with zero attached hydrogens (tertiary/aromatic N) is 4. The highest BCUT2D eigenvalue weighted by molar-refractivity contribution is 8.13. The maximum Gasteiger partial charge on any atom is 0.406 e. The summed E-state index contributed by atoms with van der Waals surface area (Å²) in [6.07, 6.45) is -5.06. The van der Waals surface area contributed by atoms with E-state index in [1.165, 1.54) is 10.9 Å². The molecular weight excluding hydrogens is 582 g/mol. The van der Waals surface area contributed by atoms with Crippen LogP contribution in [-0.2, 0) is 29.7 Å². The Hall–Kier alpha value is -2.53. The highest BCUT2D eigenvalue weighted by Crippen LogP contribution is 2.61. The quantitative estimate of drug-likeness (QED) is 0.111. The molecule has 14 nitrogen and oxygen atoms in total. The molecule has 3 heterocycles. The molecule has 17 heteroatoms. The fraction of sp³-hybridized carbons (Fsp3) is 0.500. The molecule has 1 aliphatic heterocycles. The van der Waals surface area contributed by atoms with Crippen molar-refractivity contribution >= 4 is 41.6 Å². The molecule has 41 heavy (non-hydrogen) atoms. The van der Waals surface area contributed by atoms with E-state index in [9.17, 15) is 29.1 Å². The number of nitrogens with one attached hydrogen (secondary N) is 1. The number of carbonyl (C=O) groups is 1. The lowest BCUT2D eigenvalue weighted by Crippen LogP contribution is -2.37. The number of rotatable bonds is 12. The van der Waals surface area contributed by atoms with Crippen LogP contribution >= 0.6 is 19.5 Å². The molecule has 0 spiro atoms. The number of anilines is 1. The first-order chi connectivity index (χ1) is 19.4. The Balaban J connectivity index is 1.27. The monoisotopic (exact) mass is 612 g/mol. The third kappa shape index (κ3) is 5.76. The number of hydrogen-bond acceptors (Lipinski definition) is 13. The highest BCUT2D eigenvalue weighted by atomic mass is 32.2. The summed E-state index contributed by atoms with van der Waals surface area (Å²) in [7, 11) is -4.12. The molecular formula is C24H30FN6O8PS. The number of aromatic nitrogens is 4. The minimum Gasteiger partial charge on any atom is -0.395 e. The van der Waals surface area contributed by atoms with Gasteiger partial charge in [0.15, 0.2) is 33.9 Å². The zero-order valence-corrected chi connectivity index (χ0v) is 23.8. The zero-order valence-electron chi connectivity index (χ0n) is 22.1. The van der Waals surface area contributed by atoms with E-state index in [0.29, 0.717) is 0 Å². The van der Waals surface area contributed by atoms with Crippen molar-refractivity contribution in [3.05, 3.63) is 48.3 Å². The molecule has 2 aromatic heterocycles. The first-order valence-corrected chi connectivity index (χ1v) is 15.1. The summed E-state index contributed by atoms with van der Waals surface area (Å²) in [5, 5.41) is 34.1. The first kappa shape index (κ1) is 29.9. The fourth-order valence-electron chi connectivity index (χ4n) is 4.35. The Morgan fingerprint density at radius 3 is 2.73 bits per heavy atom. The average Bonchev–Trinajstić information content (AvgIpc) is 3.19. The van der Waals surface area contributed by atoms with Crippen LogP contribution in [0, 0.1) is 11.5 Å². The number of imidazole rings is 1. The van der Waals surface area contributed by atoms with E-state index >= 15 is 0 Å². The molecule has 0 bridgehead atoms. The number of thioether (sulfide) groups is 1. The van der Waals surface area contributed by atoms with E-state index in [-0.39, 0.29) is 47.6 Å². The molecule has 2 fully saturated rings. The third-order valence-electron chi connectivity index (χ3n) is 6.90. The Bertz CT molecular complexity index is 1480. The van der Waals surface area contributed by atoms with Gasteiger partial charge in [0.25, 0.3) is 0 Å². The molecule has 0 radical (unpaired) electrons. The second-order valence-electron chi connectivity index (χ2n) is 10.3. The van der Waals surface area contributed by atoms with Gasteiger partial charge in [-0.15, -0.1) is 0 Å². The van der Waals surface area contributed by atoms with Gasteiger partial charge in [0.2, 0.25) is 0 Å². The van der Waals surface area contributed by atoms with Crippen LogP contribution in [0.4, 0.5) is 10.2 Å². The van der Waals surface area contributed by atoms with Crippen molar-refractivity contribution in [3.8, 4) is 0 Å². The van der Waals surface area contributed by atoms with Gasteiger partial charge in [-0.3, -0.25) is 18.4 Å². The molecule has 222 valence electrons. The highest BCUT2D eigenvalue weighted by Gasteiger charge is 2.79. The number of aliphatic hydroxyl groups is 3. The molecule has 1 aliphatic carbocycles. The standard InChI is InChI=1S/C24H30FN6O8PS/c1-23(2,11-32)21(34)41-9-8-37-40(36,28-10-13-6-4-3-5-7-13)39-17-16-24(17,35)15(33)20(38-16)31-12-27-14-18(26)29-22(25)30-19(14)31/h3-7,12,15-17,20,32-33,35H,8-11H2,1-2H3,(H,28,36)(H2,26,29,30)/t15-,16-,17?,20-,24+,40?/m1/s1. The lowest BCUT2D eigenvalue weighted by molar-refractivity contribution is -0.119. The van der Waals surface area contributed by atoms with E-state index in [4.69, 9.17) is 19.5 Å². The van der Waals surface area contributed by atoms with Crippen LogP contribution in [0.15, 0.2) is 36.7 Å². The Morgan fingerprint density at radius 1 is 1.34 bits per heavy atom. The third-order valence-corrected chi connectivity index (χ3v) is 9.66. The van der Waals surface area contributed by atoms with Crippen molar-refractivity contribution in [3.63, 3.8) is 0 Å². The van der Waals surface area contributed by atoms with Gasteiger partial charge in [0, 0.05) is 12.3 Å². The SMILES string of the molecule is CC(C)(CO)C(=O)SCCOP(=O)(NCc1ccccc1)OC1[C@H]2O[C@@H](n3cnc4c(N)nc(F)nc43)[C@@H](O)[C@@]12O. The van der Waals surface area contributed by atoms with E-state index in [2.05, 4.69) is 20.0 Å². The van der Waals surface area contributed by atoms with E-state index in [1.807, 2.05) is 6.07 Å². The number of ether oxygens (including phenoxy) is 1. The minimum atomic E-state index is -4.12. The number of halogens is 1.